The second-order valence-electron chi connectivity index (χ2n) is 9.71. The quantitative estimate of drug-likeness (QED) is 0.156. The van der Waals surface area contributed by atoms with Gasteiger partial charge in [-0.15, -0.1) is 0 Å². The highest BCUT2D eigenvalue weighted by molar-refractivity contribution is 7.93. The maximum Gasteiger partial charge on any atom is 0.326 e. The smallest absolute Gasteiger partial charge is 0.326 e. The molecule has 1 fully saturated rings. The van der Waals surface area contributed by atoms with Crippen LogP contribution in [0.25, 0.3) is 22.2 Å². The molecule has 4 aromatic rings. The number of fused-ring (bicyclic) bond motifs is 1. The van der Waals surface area contributed by atoms with Crippen LogP contribution in [0.3, 0.4) is 0 Å². The van der Waals surface area contributed by atoms with Gasteiger partial charge >= 0.3 is 5.97 Å². The topological polar surface area (TPSA) is 102 Å². The van der Waals surface area contributed by atoms with Crippen LogP contribution in [0.1, 0.15) is 19.8 Å². The van der Waals surface area contributed by atoms with Gasteiger partial charge in [-0.05, 0) is 42.1 Å². The van der Waals surface area contributed by atoms with E-state index in [4.69, 9.17) is 37.7 Å². The Hall–Kier alpha value is -3.44. The van der Waals surface area contributed by atoms with Crippen LogP contribution in [-0.2, 0) is 24.3 Å². The molecule has 0 saturated carbocycles. The van der Waals surface area contributed by atoms with E-state index in [1.807, 2.05) is 31.2 Å². The van der Waals surface area contributed by atoms with Gasteiger partial charge in [0, 0.05) is 40.3 Å². The van der Waals surface area contributed by atoms with Crippen molar-refractivity contribution < 1.29 is 22.7 Å². The molecule has 5 rings (SSSR count). The molecule has 0 atom stereocenters. The zero-order valence-electron chi connectivity index (χ0n) is 23.0. The molecule has 0 N–H and O–H groups in total. The first-order chi connectivity index (χ1) is 20.3. The number of carbonyl (C=O) groups is 1. The van der Waals surface area contributed by atoms with E-state index >= 15 is 0 Å². The number of anilines is 2. The zero-order valence-corrected chi connectivity index (χ0v) is 25.3. The van der Waals surface area contributed by atoms with E-state index in [0.29, 0.717) is 36.5 Å². The van der Waals surface area contributed by atoms with Crippen molar-refractivity contribution >= 4 is 61.5 Å². The predicted molar refractivity (Wildman–Crippen MR) is 165 cm³/mol. The van der Waals surface area contributed by atoms with E-state index in [9.17, 15) is 13.2 Å². The number of nitrogens with zero attached hydrogens (tertiary/aromatic N) is 4. The Morgan fingerprint density at radius 1 is 1.02 bits per heavy atom. The van der Waals surface area contributed by atoms with E-state index < -0.39 is 22.5 Å². The first-order valence-corrected chi connectivity index (χ1v) is 15.8. The summed E-state index contributed by atoms with van der Waals surface area (Å²) < 4.78 is 40.0. The van der Waals surface area contributed by atoms with Crippen molar-refractivity contribution in [3.05, 3.63) is 76.9 Å². The molecule has 0 spiro atoms. The third kappa shape index (κ3) is 6.62. The highest BCUT2D eigenvalue weighted by atomic mass is 35.5. The third-order valence-electron chi connectivity index (χ3n) is 6.84. The lowest BCUT2D eigenvalue weighted by Crippen LogP contribution is -2.37. The first kappa shape index (κ1) is 30.0. The van der Waals surface area contributed by atoms with E-state index in [1.54, 1.807) is 24.4 Å². The number of ether oxygens (including phenoxy) is 2. The monoisotopic (exact) mass is 628 g/mol. The second-order valence-corrected chi connectivity index (χ2v) is 12.4. The first-order valence-electron chi connectivity index (χ1n) is 13.6. The molecule has 0 radical (unpaired) electrons. The molecule has 220 valence electrons. The molecule has 0 amide bonds. The van der Waals surface area contributed by atoms with Crippen molar-refractivity contribution in [1.29, 1.82) is 0 Å². The van der Waals surface area contributed by atoms with Gasteiger partial charge in [-0.3, -0.25) is 9.10 Å². The fraction of sp³-hybridized carbons (Fsp3) is 0.300. The second kappa shape index (κ2) is 13.2. The number of sulfonamides is 1. The highest BCUT2D eigenvalue weighted by Gasteiger charge is 2.30. The van der Waals surface area contributed by atoms with E-state index in [1.165, 1.54) is 18.2 Å². The number of unbranched alkanes of at least 4 members (excludes halogenated alkanes) is 1. The molecule has 12 heteroatoms. The average Bonchev–Trinajstić information content (AvgIpc) is 2.99. The Kier molecular flexibility index (Phi) is 9.47. The van der Waals surface area contributed by atoms with Crippen molar-refractivity contribution in [1.82, 2.24) is 9.97 Å². The summed E-state index contributed by atoms with van der Waals surface area (Å²) in [5, 5.41) is 1.62. The average molecular weight is 630 g/mol. The number of morpholine rings is 1. The summed E-state index contributed by atoms with van der Waals surface area (Å²) in [6.07, 6.45) is 3.21. The van der Waals surface area contributed by atoms with Gasteiger partial charge in [0.1, 0.15) is 12.4 Å². The fourth-order valence-corrected chi connectivity index (χ4v) is 6.91. The van der Waals surface area contributed by atoms with Gasteiger partial charge in [0.25, 0.3) is 10.0 Å². The molecule has 3 aromatic carbocycles. The van der Waals surface area contributed by atoms with Crippen LogP contribution in [0.15, 0.2) is 71.8 Å². The van der Waals surface area contributed by atoms with Crippen LogP contribution in [0, 0.1) is 0 Å². The molecule has 1 saturated heterocycles. The van der Waals surface area contributed by atoms with Crippen LogP contribution in [-0.4, -0.2) is 63.8 Å². The molecule has 0 aliphatic carbocycles. The molecule has 0 bridgehead atoms. The highest BCUT2D eigenvalue weighted by Crippen LogP contribution is 2.36. The van der Waals surface area contributed by atoms with Gasteiger partial charge in [0.15, 0.2) is 5.82 Å². The van der Waals surface area contributed by atoms with Crippen LogP contribution in [0.4, 0.5) is 11.5 Å². The van der Waals surface area contributed by atoms with E-state index in [2.05, 4.69) is 9.88 Å². The summed E-state index contributed by atoms with van der Waals surface area (Å²) in [6, 6.07) is 16.7. The number of hydrogen-bond acceptors (Lipinski definition) is 8. The molecule has 0 unspecified atom stereocenters. The number of aromatic nitrogens is 2. The maximum atomic E-state index is 14.1. The lowest BCUT2D eigenvalue weighted by atomic mass is 10.0. The van der Waals surface area contributed by atoms with E-state index in [-0.39, 0.29) is 21.5 Å². The zero-order chi connectivity index (χ0) is 29.7. The Bertz CT molecular complexity index is 1680. The largest absolute Gasteiger partial charge is 0.464 e. The van der Waals surface area contributed by atoms with Crippen molar-refractivity contribution in [2.75, 3.05) is 48.7 Å². The summed E-state index contributed by atoms with van der Waals surface area (Å²) in [7, 11) is -4.30. The Balaban J connectivity index is 1.61. The Morgan fingerprint density at radius 2 is 1.74 bits per heavy atom. The Labute approximate surface area is 255 Å². The minimum atomic E-state index is -4.30. The van der Waals surface area contributed by atoms with Crippen molar-refractivity contribution in [3.8, 4) is 11.4 Å². The fourth-order valence-electron chi connectivity index (χ4n) is 4.75. The van der Waals surface area contributed by atoms with Gasteiger partial charge < -0.3 is 14.4 Å². The lowest BCUT2D eigenvalue weighted by molar-refractivity contribution is -0.141. The summed E-state index contributed by atoms with van der Waals surface area (Å²) in [5.41, 5.74) is 1.01. The summed E-state index contributed by atoms with van der Waals surface area (Å²) >= 11 is 12.3. The number of rotatable bonds is 10. The van der Waals surface area contributed by atoms with Crippen LogP contribution < -0.4 is 9.21 Å². The van der Waals surface area contributed by atoms with Crippen LogP contribution in [0.5, 0.6) is 0 Å². The molecular weight excluding hydrogens is 599 g/mol. The standard InChI is InChI=1S/C30H30Cl2N4O5S/c1-2-3-14-41-29(37)20-36(42(38,39)23-18-21(31)17-22(32)19-23)27-9-5-6-24-25(27)7-4-8-26(24)30-33-11-10-28(34-30)35-12-15-40-16-13-35/h4-11,17-19H,2-3,12-16,20H2,1H3. The number of halogens is 2. The molecule has 1 aliphatic heterocycles. The number of benzene rings is 3. The van der Waals surface area contributed by atoms with Gasteiger partial charge in [-0.25, -0.2) is 18.4 Å². The third-order valence-corrected chi connectivity index (χ3v) is 9.02. The maximum absolute atomic E-state index is 14.1. The number of carbonyl (C=O) groups excluding carboxylic acids is 1. The molecule has 9 nitrogen and oxygen atoms in total. The minimum Gasteiger partial charge on any atom is -0.464 e. The summed E-state index contributed by atoms with van der Waals surface area (Å²) in [4.78, 5) is 24.3. The number of hydrogen-bond donors (Lipinski definition) is 0. The van der Waals surface area contributed by atoms with Crippen LogP contribution in [0.2, 0.25) is 10.0 Å². The van der Waals surface area contributed by atoms with Crippen LogP contribution >= 0.6 is 23.2 Å². The van der Waals surface area contributed by atoms with Crippen molar-refractivity contribution in [3.63, 3.8) is 0 Å². The van der Waals surface area contributed by atoms with Gasteiger partial charge in [-0.1, -0.05) is 66.9 Å². The molecule has 2 heterocycles. The minimum absolute atomic E-state index is 0.143. The summed E-state index contributed by atoms with van der Waals surface area (Å²) in [5.74, 6) is 0.611. The van der Waals surface area contributed by atoms with E-state index in [0.717, 1.165) is 40.6 Å². The molecule has 1 aromatic heterocycles. The summed E-state index contributed by atoms with van der Waals surface area (Å²) in [6.45, 7) is 4.34. The van der Waals surface area contributed by atoms with Crippen molar-refractivity contribution in [2.24, 2.45) is 0 Å². The molecular formula is C30H30Cl2N4O5S. The SMILES string of the molecule is CCCCOC(=O)CN(c1cccc2c(-c3nccc(N4CCOCC4)n3)cccc12)S(=O)(=O)c1cc(Cl)cc(Cl)c1. The van der Waals surface area contributed by atoms with Gasteiger partial charge in [-0.2, -0.15) is 0 Å². The molecule has 42 heavy (non-hydrogen) atoms. The van der Waals surface area contributed by atoms with Crippen molar-refractivity contribution in [2.45, 2.75) is 24.7 Å². The lowest BCUT2D eigenvalue weighted by Gasteiger charge is -2.28. The predicted octanol–water partition coefficient (Wildman–Crippen LogP) is 5.98. The number of esters is 1. The Morgan fingerprint density at radius 3 is 2.48 bits per heavy atom. The van der Waals surface area contributed by atoms with Gasteiger partial charge in [0.05, 0.1) is 30.4 Å². The molecule has 1 aliphatic rings. The van der Waals surface area contributed by atoms with Gasteiger partial charge in [0.2, 0.25) is 0 Å². The normalized spacial score (nSPS) is 13.7.